The molecule has 1 fully saturated rings. The Morgan fingerprint density at radius 3 is 2.30 bits per heavy atom. The zero-order chi connectivity index (χ0) is 14.3. The molecular weight excluding hydrogens is 246 g/mol. The smallest absolute Gasteiger partial charge is 0.173 e. The van der Waals surface area contributed by atoms with E-state index in [1.807, 2.05) is 50.2 Å². The number of nitrogens with two attached hydrogens (primary N) is 1. The summed E-state index contributed by atoms with van der Waals surface area (Å²) in [6.45, 7) is 4.03. The van der Waals surface area contributed by atoms with E-state index in [-0.39, 0.29) is 11.2 Å². The van der Waals surface area contributed by atoms with Gasteiger partial charge in [0.05, 0.1) is 5.41 Å². The predicted octanol–water partition coefficient (Wildman–Crippen LogP) is 3.80. The Morgan fingerprint density at radius 1 is 1.05 bits per heavy atom. The summed E-state index contributed by atoms with van der Waals surface area (Å²) < 4.78 is 0. The Morgan fingerprint density at radius 2 is 1.70 bits per heavy atom. The van der Waals surface area contributed by atoms with Crippen LogP contribution in [0.15, 0.2) is 42.5 Å². The second kappa shape index (κ2) is 4.48. The van der Waals surface area contributed by atoms with E-state index < -0.39 is 0 Å². The van der Waals surface area contributed by atoms with Crippen LogP contribution in [0, 0.1) is 13.8 Å². The molecule has 0 aliphatic heterocycles. The molecule has 2 heteroatoms. The summed E-state index contributed by atoms with van der Waals surface area (Å²) in [4.78, 5) is 13.0. The van der Waals surface area contributed by atoms with Crippen LogP contribution in [0.5, 0.6) is 0 Å². The van der Waals surface area contributed by atoms with Crippen LogP contribution in [-0.4, -0.2) is 5.78 Å². The first-order chi connectivity index (χ1) is 9.53. The van der Waals surface area contributed by atoms with Gasteiger partial charge in [-0.2, -0.15) is 0 Å². The van der Waals surface area contributed by atoms with Crippen LogP contribution in [0.25, 0.3) is 0 Å². The largest absolute Gasteiger partial charge is 0.399 e. The summed E-state index contributed by atoms with van der Waals surface area (Å²) in [7, 11) is 0. The molecular formula is C18H19NO. The topological polar surface area (TPSA) is 43.1 Å². The van der Waals surface area contributed by atoms with Crippen molar-refractivity contribution in [3.8, 4) is 0 Å². The first-order valence-corrected chi connectivity index (χ1v) is 7.01. The second-order valence-corrected chi connectivity index (χ2v) is 5.85. The maximum atomic E-state index is 13.0. The average Bonchev–Trinajstić information content (AvgIpc) is 3.23. The first-order valence-electron chi connectivity index (χ1n) is 7.01. The highest BCUT2D eigenvalue weighted by Gasteiger charge is 2.51. The zero-order valence-corrected chi connectivity index (χ0v) is 11.9. The highest BCUT2D eigenvalue weighted by Crippen LogP contribution is 2.50. The van der Waals surface area contributed by atoms with E-state index >= 15 is 0 Å². The fourth-order valence-corrected chi connectivity index (χ4v) is 2.81. The Kier molecular flexibility index (Phi) is 2.89. The van der Waals surface area contributed by atoms with Gasteiger partial charge >= 0.3 is 0 Å². The first kappa shape index (κ1) is 12.9. The molecule has 0 heterocycles. The quantitative estimate of drug-likeness (QED) is 0.677. The molecule has 2 aromatic carbocycles. The molecule has 0 spiro atoms. The summed E-state index contributed by atoms with van der Waals surface area (Å²) in [5, 5.41) is 0. The SMILES string of the molecule is Cc1ccc(C)c(C(=O)C2(c3ccc(N)cc3)CC2)c1. The van der Waals surface area contributed by atoms with E-state index in [1.54, 1.807) is 0 Å². The van der Waals surface area contributed by atoms with E-state index in [0.717, 1.165) is 40.8 Å². The summed E-state index contributed by atoms with van der Waals surface area (Å²) in [6.07, 6.45) is 1.87. The third kappa shape index (κ3) is 2.01. The highest BCUT2D eigenvalue weighted by molar-refractivity contribution is 6.07. The van der Waals surface area contributed by atoms with Gasteiger partial charge in [0.15, 0.2) is 5.78 Å². The Bertz CT molecular complexity index is 666. The van der Waals surface area contributed by atoms with Crippen molar-refractivity contribution in [2.45, 2.75) is 32.1 Å². The van der Waals surface area contributed by atoms with Crippen molar-refractivity contribution < 1.29 is 4.79 Å². The Balaban J connectivity index is 2.01. The van der Waals surface area contributed by atoms with Crippen LogP contribution < -0.4 is 5.73 Å². The molecule has 0 amide bonds. The minimum atomic E-state index is -0.313. The number of Topliss-reactive ketones (excluding diaryl/α,β-unsaturated/α-hetero) is 1. The molecule has 20 heavy (non-hydrogen) atoms. The predicted molar refractivity (Wildman–Crippen MR) is 82.0 cm³/mol. The lowest BCUT2D eigenvalue weighted by Gasteiger charge is -2.16. The van der Waals surface area contributed by atoms with Gasteiger partial charge in [0.2, 0.25) is 0 Å². The van der Waals surface area contributed by atoms with Crippen molar-refractivity contribution in [2.75, 3.05) is 5.73 Å². The van der Waals surface area contributed by atoms with Gasteiger partial charge in [-0.1, -0.05) is 29.8 Å². The third-order valence-corrected chi connectivity index (χ3v) is 4.29. The van der Waals surface area contributed by atoms with Crippen molar-refractivity contribution >= 4 is 11.5 Å². The number of benzene rings is 2. The van der Waals surface area contributed by atoms with Crippen molar-refractivity contribution in [2.24, 2.45) is 0 Å². The van der Waals surface area contributed by atoms with E-state index in [2.05, 4.69) is 6.07 Å². The maximum absolute atomic E-state index is 13.0. The summed E-state index contributed by atoms with van der Waals surface area (Å²) in [6, 6.07) is 13.8. The Hall–Kier alpha value is -2.09. The molecule has 2 nitrogen and oxygen atoms in total. The van der Waals surface area contributed by atoms with E-state index in [9.17, 15) is 4.79 Å². The zero-order valence-electron chi connectivity index (χ0n) is 11.9. The number of hydrogen-bond donors (Lipinski definition) is 1. The van der Waals surface area contributed by atoms with Gasteiger partial charge in [-0.3, -0.25) is 4.79 Å². The molecule has 2 aromatic rings. The monoisotopic (exact) mass is 265 g/mol. The standard InChI is InChI=1S/C18H19NO/c1-12-3-4-13(2)16(11-12)17(20)18(9-10-18)14-5-7-15(19)8-6-14/h3-8,11H,9-10,19H2,1-2H3. The number of anilines is 1. The number of rotatable bonds is 3. The van der Waals surface area contributed by atoms with Gasteiger partial charge in [-0.25, -0.2) is 0 Å². The summed E-state index contributed by atoms with van der Waals surface area (Å²) in [5.74, 6) is 0.253. The number of carbonyl (C=O) groups is 1. The minimum Gasteiger partial charge on any atom is -0.399 e. The Labute approximate surface area is 119 Å². The van der Waals surface area contributed by atoms with Gasteiger partial charge in [0.25, 0.3) is 0 Å². The molecule has 2 N–H and O–H groups in total. The lowest BCUT2D eigenvalue weighted by molar-refractivity contribution is 0.0945. The molecule has 0 unspecified atom stereocenters. The van der Waals surface area contributed by atoms with Gasteiger partial charge in [-0.15, -0.1) is 0 Å². The summed E-state index contributed by atoms with van der Waals surface area (Å²) in [5.41, 5.74) is 10.3. The number of aryl methyl sites for hydroxylation is 2. The molecule has 0 radical (unpaired) electrons. The summed E-state index contributed by atoms with van der Waals surface area (Å²) >= 11 is 0. The van der Waals surface area contributed by atoms with Gasteiger partial charge in [0, 0.05) is 11.3 Å². The van der Waals surface area contributed by atoms with Gasteiger partial charge < -0.3 is 5.73 Å². The van der Waals surface area contributed by atoms with Crippen molar-refractivity contribution in [1.82, 2.24) is 0 Å². The molecule has 0 bridgehead atoms. The van der Waals surface area contributed by atoms with Crippen LogP contribution >= 0.6 is 0 Å². The third-order valence-electron chi connectivity index (χ3n) is 4.29. The van der Waals surface area contributed by atoms with Crippen LogP contribution in [0.3, 0.4) is 0 Å². The molecule has 1 aliphatic rings. The number of hydrogen-bond acceptors (Lipinski definition) is 2. The molecule has 0 aromatic heterocycles. The molecule has 102 valence electrons. The normalized spacial score (nSPS) is 15.9. The lowest BCUT2D eigenvalue weighted by Crippen LogP contribution is -2.21. The lowest BCUT2D eigenvalue weighted by atomic mass is 9.85. The molecule has 3 rings (SSSR count). The molecule has 1 saturated carbocycles. The molecule has 0 atom stereocenters. The van der Waals surface area contributed by atoms with Crippen molar-refractivity contribution in [3.05, 3.63) is 64.7 Å². The van der Waals surface area contributed by atoms with Crippen molar-refractivity contribution in [1.29, 1.82) is 0 Å². The minimum absolute atomic E-state index is 0.253. The fraction of sp³-hybridized carbons (Fsp3) is 0.278. The maximum Gasteiger partial charge on any atom is 0.173 e. The van der Waals surface area contributed by atoms with Crippen LogP contribution in [0.2, 0.25) is 0 Å². The highest BCUT2D eigenvalue weighted by atomic mass is 16.1. The van der Waals surface area contributed by atoms with Crippen LogP contribution in [-0.2, 0) is 5.41 Å². The fourth-order valence-electron chi connectivity index (χ4n) is 2.81. The van der Waals surface area contributed by atoms with Gasteiger partial charge in [-0.05, 0) is 56.0 Å². The van der Waals surface area contributed by atoms with E-state index in [1.165, 1.54) is 0 Å². The number of carbonyl (C=O) groups excluding carboxylic acids is 1. The second-order valence-electron chi connectivity index (χ2n) is 5.85. The number of ketones is 1. The molecule has 0 saturated heterocycles. The van der Waals surface area contributed by atoms with E-state index in [0.29, 0.717) is 0 Å². The average molecular weight is 265 g/mol. The molecule has 1 aliphatic carbocycles. The van der Waals surface area contributed by atoms with Crippen LogP contribution in [0.4, 0.5) is 5.69 Å². The van der Waals surface area contributed by atoms with E-state index in [4.69, 9.17) is 5.73 Å². The van der Waals surface area contributed by atoms with Gasteiger partial charge in [0.1, 0.15) is 0 Å². The van der Waals surface area contributed by atoms with Crippen molar-refractivity contribution in [3.63, 3.8) is 0 Å². The van der Waals surface area contributed by atoms with Crippen LogP contribution in [0.1, 0.15) is 39.9 Å². The number of nitrogen functional groups attached to an aromatic ring is 1.